The molecule has 0 N–H and O–H groups in total. The summed E-state index contributed by atoms with van der Waals surface area (Å²) >= 11 is 6.13. The minimum absolute atomic E-state index is 0.348. The highest BCUT2D eigenvalue weighted by atomic mass is 35.5. The highest BCUT2D eigenvalue weighted by Crippen LogP contribution is 2.18. The van der Waals surface area contributed by atoms with Gasteiger partial charge in [-0.3, -0.25) is 4.90 Å². The standard InChI is InChI=1S/C16H20ClN5O2/c1-4-21(9-16-19-14(10-23-3)20-24-16)8-13-11(2)18-15-6-5-12(17)7-22(13)15/h5-7H,4,8-10H2,1-3H3. The van der Waals surface area contributed by atoms with Crippen molar-refractivity contribution in [1.29, 1.82) is 0 Å². The molecule has 0 fully saturated rings. The summed E-state index contributed by atoms with van der Waals surface area (Å²) < 4.78 is 12.3. The van der Waals surface area contributed by atoms with Gasteiger partial charge in [0, 0.05) is 19.9 Å². The molecule has 0 atom stereocenters. The molecule has 0 unspecified atom stereocenters. The van der Waals surface area contributed by atoms with Gasteiger partial charge in [0.2, 0.25) is 5.89 Å². The van der Waals surface area contributed by atoms with Crippen molar-refractivity contribution in [3.05, 3.63) is 46.5 Å². The summed E-state index contributed by atoms with van der Waals surface area (Å²) in [6.45, 7) is 6.58. The number of halogens is 1. The maximum atomic E-state index is 6.13. The number of ether oxygens (including phenoxy) is 1. The number of fused-ring (bicyclic) bond motifs is 1. The molecule has 3 aromatic heterocycles. The van der Waals surface area contributed by atoms with Gasteiger partial charge in [0.1, 0.15) is 12.3 Å². The molecular formula is C16H20ClN5O2. The predicted molar refractivity (Wildman–Crippen MR) is 89.7 cm³/mol. The second-order valence-electron chi connectivity index (χ2n) is 5.56. The van der Waals surface area contributed by atoms with Gasteiger partial charge in [-0.05, 0) is 25.6 Å². The van der Waals surface area contributed by atoms with Crippen LogP contribution < -0.4 is 0 Å². The van der Waals surface area contributed by atoms with E-state index in [0.717, 1.165) is 23.6 Å². The molecule has 0 amide bonds. The van der Waals surface area contributed by atoms with Crippen LogP contribution in [0.25, 0.3) is 5.65 Å². The van der Waals surface area contributed by atoms with Crippen molar-refractivity contribution in [3.8, 4) is 0 Å². The summed E-state index contributed by atoms with van der Waals surface area (Å²) in [5.74, 6) is 1.13. The number of aryl methyl sites for hydroxylation is 1. The van der Waals surface area contributed by atoms with Crippen LogP contribution in [0, 0.1) is 6.92 Å². The number of pyridine rings is 1. The lowest BCUT2D eigenvalue weighted by Gasteiger charge is -2.18. The summed E-state index contributed by atoms with van der Waals surface area (Å²) in [6, 6.07) is 3.77. The highest BCUT2D eigenvalue weighted by Gasteiger charge is 2.16. The topological polar surface area (TPSA) is 68.7 Å². The SMILES string of the molecule is CCN(Cc1nc(COC)no1)Cc1c(C)nc2ccc(Cl)cn12. The van der Waals surface area contributed by atoms with Crippen molar-refractivity contribution < 1.29 is 9.26 Å². The third-order valence-corrected chi connectivity index (χ3v) is 4.07. The van der Waals surface area contributed by atoms with Crippen LogP contribution in [0.5, 0.6) is 0 Å². The van der Waals surface area contributed by atoms with Crippen molar-refractivity contribution >= 4 is 17.2 Å². The van der Waals surface area contributed by atoms with Gasteiger partial charge >= 0.3 is 0 Å². The number of hydrogen-bond donors (Lipinski definition) is 0. The first kappa shape index (κ1) is 16.9. The van der Waals surface area contributed by atoms with Gasteiger partial charge in [0.25, 0.3) is 0 Å². The van der Waals surface area contributed by atoms with Gasteiger partial charge in [-0.25, -0.2) is 4.98 Å². The van der Waals surface area contributed by atoms with Crippen LogP contribution in [-0.4, -0.2) is 38.1 Å². The van der Waals surface area contributed by atoms with Crippen LogP contribution in [0.1, 0.15) is 30.0 Å². The number of methoxy groups -OCH3 is 1. The van der Waals surface area contributed by atoms with E-state index in [1.54, 1.807) is 7.11 Å². The Morgan fingerprint density at radius 2 is 2.12 bits per heavy atom. The lowest BCUT2D eigenvalue weighted by atomic mass is 10.3. The summed E-state index contributed by atoms with van der Waals surface area (Å²) in [4.78, 5) is 11.1. The fourth-order valence-electron chi connectivity index (χ4n) is 2.60. The van der Waals surface area contributed by atoms with Crippen LogP contribution in [0.15, 0.2) is 22.9 Å². The van der Waals surface area contributed by atoms with Crippen LogP contribution >= 0.6 is 11.6 Å². The second kappa shape index (κ2) is 7.29. The largest absolute Gasteiger partial charge is 0.377 e. The average molecular weight is 350 g/mol. The maximum Gasteiger partial charge on any atom is 0.240 e. The first-order chi connectivity index (χ1) is 11.6. The molecule has 0 saturated heterocycles. The highest BCUT2D eigenvalue weighted by molar-refractivity contribution is 6.30. The van der Waals surface area contributed by atoms with Crippen molar-refractivity contribution in [2.45, 2.75) is 33.5 Å². The van der Waals surface area contributed by atoms with E-state index in [4.69, 9.17) is 20.9 Å². The lowest BCUT2D eigenvalue weighted by molar-refractivity contribution is 0.174. The molecule has 8 heteroatoms. The Balaban J connectivity index is 1.79. The summed E-state index contributed by atoms with van der Waals surface area (Å²) in [5.41, 5.74) is 2.98. The number of rotatable bonds is 7. The molecule has 128 valence electrons. The Morgan fingerprint density at radius 1 is 1.29 bits per heavy atom. The van der Waals surface area contributed by atoms with Crippen LogP contribution in [-0.2, 0) is 24.4 Å². The van der Waals surface area contributed by atoms with Crippen LogP contribution in [0.3, 0.4) is 0 Å². The predicted octanol–water partition coefficient (Wildman–Crippen LogP) is 2.85. The normalized spacial score (nSPS) is 11.7. The zero-order valence-electron chi connectivity index (χ0n) is 14.0. The fraction of sp³-hybridized carbons (Fsp3) is 0.438. The van der Waals surface area contributed by atoms with Crippen molar-refractivity contribution in [1.82, 2.24) is 24.4 Å². The van der Waals surface area contributed by atoms with Gasteiger partial charge in [0.05, 0.1) is 23.0 Å². The summed E-state index contributed by atoms with van der Waals surface area (Å²) in [5, 5.41) is 4.58. The monoisotopic (exact) mass is 349 g/mol. The maximum absolute atomic E-state index is 6.13. The second-order valence-corrected chi connectivity index (χ2v) is 6.00. The zero-order valence-corrected chi connectivity index (χ0v) is 14.7. The number of aromatic nitrogens is 4. The van der Waals surface area contributed by atoms with E-state index in [9.17, 15) is 0 Å². The molecule has 0 radical (unpaired) electrons. The smallest absolute Gasteiger partial charge is 0.240 e. The van der Waals surface area contributed by atoms with Gasteiger partial charge in [0.15, 0.2) is 5.82 Å². The molecule has 3 heterocycles. The van der Waals surface area contributed by atoms with E-state index in [1.165, 1.54) is 0 Å². The Kier molecular flexibility index (Phi) is 5.13. The van der Waals surface area contributed by atoms with Crippen molar-refractivity contribution in [3.63, 3.8) is 0 Å². The molecule has 0 aromatic carbocycles. The molecule has 3 aromatic rings. The molecule has 7 nitrogen and oxygen atoms in total. The fourth-order valence-corrected chi connectivity index (χ4v) is 2.76. The molecule has 0 aliphatic heterocycles. The van der Waals surface area contributed by atoms with E-state index in [2.05, 4.69) is 26.9 Å². The number of nitrogens with zero attached hydrogens (tertiary/aromatic N) is 5. The van der Waals surface area contributed by atoms with E-state index >= 15 is 0 Å². The number of imidazole rings is 1. The Bertz CT molecular complexity index is 829. The van der Waals surface area contributed by atoms with Gasteiger partial charge in [-0.15, -0.1) is 0 Å². The first-order valence-corrected chi connectivity index (χ1v) is 8.14. The van der Waals surface area contributed by atoms with E-state index in [1.807, 2.05) is 29.7 Å². The molecule has 0 bridgehead atoms. The Hall–Kier alpha value is -1.96. The summed E-state index contributed by atoms with van der Waals surface area (Å²) in [6.07, 6.45) is 1.89. The molecule has 0 saturated carbocycles. The third kappa shape index (κ3) is 3.58. The van der Waals surface area contributed by atoms with Gasteiger partial charge in [-0.2, -0.15) is 4.98 Å². The van der Waals surface area contributed by atoms with Crippen molar-refractivity contribution in [2.75, 3.05) is 13.7 Å². The third-order valence-electron chi connectivity index (χ3n) is 3.84. The Morgan fingerprint density at radius 3 is 2.88 bits per heavy atom. The van der Waals surface area contributed by atoms with Crippen LogP contribution in [0.4, 0.5) is 0 Å². The molecule has 0 aliphatic rings. The van der Waals surface area contributed by atoms with E-state index < -0.39 is 0 Å². The first-order valence-electron chi connectivity index (χ1n) is 7.76. The average Bonchev–Trinajstić information content (AvgIpc) is 3.12. The zero-order chi connectivity index (χ0) is 17.1. The number of hydrogen-bond acceptors (Lipinski definition) is 6. The van der Waals surface area contributed by atoms with Crippen molar-refractivity contribution in [2.24, 2.45) is 0 Å². The van der Waals surface area contributed by atoms with Crippen LogP contribution in [0.2, 0.25) is 5.02 Å². The van der Waals surface area contributed by atoms with Gasteiger partial charge < -0.3 is 13.7 Å². The minimum atomic E-state index is 0.348. The lowest BCUT2D eigenvalue weighted by Crippen LogP contribution is -2.23. The molecule has 24 heavy (non-hydrogen) atoms. The minimum Gasteiger partial charge on any atom is -0.377 e. The molecular weight excluding hydrogens is 330 g/mol. The molecule has 0 spiro atoms. The van der Waals surface area contributed by atoms with Gasteiger partial charge in [-0.1, -0.05) is 23.7 Å². The summed E-state index contributed by atoms with van der Waals surface area (Å²) in [7, 11) is 1.60. The molecule has 3 rings (SSSR count). The van der Waals surface area contributed by atoms with E-state index in [-0.39, 0.29) is 0 Å². The quantitative estimate of drug-likeness (QED) is 0.653. The Labute approximate surface area is 145 Å². The van der Waals surface area contributed by atoms with E-state index in [0.29, 0.717) is 36.4 Å². The molecule has 0 aliphatic carbocycles.